The van der Waals surface area contributed by atoms with Gasteiger partial charge < -0.3 is 10.2 Å². The van der Waals surface area contributed by atoms with Gasteiger partial charge in [0, 0.05) is 31.3 Å². The van der Waals surface area contributed by atoms with E-state index >= 15 is 0 Å². The molecule has 27 heavy (non-hydrogen) atoms. The Morgan fingerprint density at radius 2 is 2.00 bits per heavy atom. The second-order valence-electron chi connectivity index (χ2n) is 6.21. The second-order valence-corrected chi connectivity index (χ2v) is 6.62. The highest BCUT2D eigenvalue weighted by molar-refractivity contribution is 6.32. The number of benzene rings is 2. The van der Waals surface area contributed by atoms with Crippen LogP contribution in [0, 0.1) is 21.8 Å². The number of carbonyl (C=O) groups excluding carboxylic acids is 2. The van der Waals surface area contributed by atoms with Gasteiger partial charge in [0.1, 0.15) is 10.8 Å². The van der Waals surface area contributed by atoms with Gasteiger partial charge in [0.05, 0.1) is 10.8 Å². The molecule has 7 nitrogen and oxygen atoms in total. The number of anilines is 1. The summed E-state index contributed by atoms with van der Waals surface area (Å²) in [5.74, 6) is -1.52. The van der Waals surface area contributed by atoms with Crippen molar-refractivity contribution in [2.75, 3.05) is 11.9 Å². The van der Waals surface area contributed by atoms with Crippen LogP contribution in [0.4, 0.5) is 15.8 Å². The highest BCUT2D eigenvalue weighted by Gasteiger charge is 2.34. The van der Waals surface area contributed by atoms with Crippen LogP contribution in [0.25, 0.3) is 0 Å². The first kappa shape index (κ1) is 18.8. The Bertz CT molecular complexity index is 904. The van der Waals surface area contributed by atoms with Gasteiger partial charge in [-0.15, -0.1) is 0 Å². The number of likely N-dealkylation sites (tertiary alicyclic amines) is 1. The average Bonchev–Trinajstić information content (AvgIpc) is 2.99. The van der Waals surface area contributed by atoms with E-state index in [1.165, 1.54) is 35.2 Å². The topological polar surface area (TPSA) is 92.5 Å². The van der Waals surface area contributed by atoms with Crippen LogP contribution in [0.2, 0.25) is 5.02 Å². The lowest BCUT2D eigenvalue weighted by Gasteiger charge is -2.16. The zero-order valence-corrected chi connectivity index (χ0v) is 14.8. The summed E-state index contributed by atoms with van der Waals surface area (Å²) < 4.78 is 13.0. The van der Waals surface area contributed by atoms with Crippen molar-refractivity contribution in [3.63, 3.8) is 0 Å². The molecule has 2 aromatic carbocycles. The summed E-state index contributed by atoms with van der Waals surface area (Å²) >= 11 is 5.75. The monoisotopic (exact) mass is 391 g/mol. The quantitative estimate of drug-likeness (QED) is 0.624. The molecule has 3 rings (SSSR count). The minimum absolute atomic E-state index is 0.0282. The Balaban J connectivity index is 1.64. The van der Waals surface area contributed by atoms with Gasteiger partial charge in [-0.2, -0.15) is 0 Å². The molecule has 0 aliphatic carbocycles. The van der Waals surface area contributed by atoms with E-state index in [2.05, 4.69) is 5.32 Å². The summed E-state index contributed by atoms with van der Waals surface area (Å²) in [4.78, 5) is 36.4. The molecule has 1 saturated heterocycles. The fourth-order valence-corrected chi connectivity index (χ4v) is 3.07. The predicted octanol–water partition coefficient (Wildman–Crippen LogP) is 3.37. The molecule has 0 spiro atoms. The Morgan fingerprint density at radius 3 is 2.67 bits per heavy atom. The van der Waals surface area contributed by atoms with Gasteiger partial charge in [-0.25, -0.2) is 4.39 Å². The number of nitro benzene ring substituents is 1. The van der Waals surface area contributed by atoms with E-state index in [1.807, 2.05) is 0 Å². The van der Waals surface area contributed by atoms with Crippen molar-refractivity contribution in [3.8, 4) is 0 Å². The molecule has 1 fully saturated rings. The fourth-order valence-electron chi connectivity index (χ4n) is 2.89. The minimum Gasteiger partial charge on any atom is -0.338 e. The highest BCUT2D eigenvalue weighted by Crippen LogP contribution is 2.28. The SMILES string of the molecule is O=C(Nc1ccc(Cl)c([N+](=O)[O-])c1)[C@@H]1CC(=O)N(Cc2ccc(F)cc2)C1. The largest absolute Gasteiger partial charge is 0.338 e. The van der Waals surface area contributed by atoms with Crippen molar-refractivity contribution in [2.24, 2.45) is 5.92 Å². The van der Waals surface area contributed by atoms with E-state index in [0.717, 1.165) is 5.56 Å². The van der Waals surface area contributed by atoms with E-state index in [4.69, 9.17) is 11.6 Å². The first-order valence-corrected chi connectivity index (χ1v) is 8.48. The van der Waals surface area contributed by atoms with Crippen LogP contribution in [-0.4, -0.2) is 28.2 Å². The molecule has 1 N–H and O–H groups in total. The zero-order chi connectivity index (χ0) is 19.6. The number of nitrogens with zero attached hydrogens (tertiary/aromatic N) is 2. The Kier molecular flexibility index (Phi) is 5.36. The van der Waals surface area contributed by atoms with Crippen LogP contribution in [0.1, 0.15) is 12.0 Å². The van der Waals surface area contributed by atoms with Crippen LogP contribution >= 0.6 is 11.6 Å². The lowest BCUT2D eigenvalue weighted by Crippen LogP contribution is -2.28. The second kappa shape index (κ2) is 7.71. The Hall–Kier alpha value is -3.00. The summed E-state index contributed by atoms with van der Waals surface area (Å²) in [6.07, 6.45) is 0.0444. The van der Waals surface area contributed by atoms with E-state index < -0.39 is 16.7 Å². The van der Waals surface area contributed by atoms with Gasteiger partial charge in [0.25, 0.3) is 5.69 Å². The molecule has 9 heteroatoms. The standard InChI is InChI=1S/C18H15ClFN3O4/c19-15-6-5-14(8-16(15)23(26)27)21-18(25)12-7-17(24)22(10-12)9-11-1-3-13(20)4-2-11/h1-6,8,12H,7,9-10H2,(H,21,25)/t12-/m1/s1. The maximum atomic E-state index is 13.0. The van der Waals surface area contributed by atoms with Gasteiger partial charge >= 0.3 is 0 Å². The highest BCUT2D eigenvalue weighted by atomic mass is 35.5. The molecule has 1 atom stereocenters. The number of nitrogens with one attached hydrogen (secondary N) is 1. The molecule has 0 saturated carbocycles. The van der Waals surface area contributed by atoms with Gasteiger partial charge in [-0.3, -0.25) is 19.7 Å². The summed E-state index contributed by atoms with van der Waals surface area (Å²) in [6.45, 7) is 0.507. The number of rotatable bonds is 5. The lowest BCUT2D eigenvalue weighted by molar-refractivity contribution is -0.384. The van der Waals surface area contributed by atoms with Gasteiger partial charge in [0.15, 0.2) is 0 Å². The maximum Gasteiger partial charge on any atom is 0.289 e. The Labute approximate surface area is 158 Å². The third-order valence-electron chi connectivity index (χ3n) is 4.28. The number of amides is 2. The summed E-state index contributed by atoms with van der Waals surface area (Å²) in [6, 6.07) is 9.76. The van der Waals surface area contributed by atoms with Crippen LogP contribution in [-0.2, 0) is 16.1 Å². The maximum absolute atomic E-state index is 13.0. The lowest BCUT2D eigenvalue weighted by atomic mass is 10.1. The minimum atomic E-state index is -0.637. The molecule has 0 unspecified atom stereocenters. The molecule has 0 bridgehead atoms. The number of hydrogen-bond acceptors (Lipinski definition) is 4. The average molecular weight is 392 g/mol. The van der Waals surface area contributed by atoms with Crippen molar-refractivity contribution in [3.05, 3.63) is 69.0 Å². The van der Waals surface area contributed by atoms with Crippen molar-refractivity contribution < 1.29 is 18.9 Å². The van der Waals surface area contributed by atoms with E-state index in [0.29, 0.717) is 0 Å². The normalized spacial score (nSPS) is 16.4. The first-order chi connectivity index (χ1) is 12.8. The van der Waals surface area contributed by atoms with Crippen LogP contribution in [0.5, 0.6) is 0 Å². The molecular formula is C18H15ClFN3O4. The summed E-state index contributed by atoms with van der Waals surface area (Å²) in [5.41, 5.74) is 0.689. The van der Waals surface area contributed by atoms with Gasteiger partial charge in [-0.05, 0) is 29.8 Å². The Morgan fingerprint density at radius 1 is 1.30 bits per heavy atom. The molecule has 0 radical (unpaired) electrons. The smallest absolute Gasteiger partial charge is 0.289 e. The van der Waals surface area contributed by atoms with Crippen molar-refractivity contribution >= 4 is 34.8 Å². The van der Waals surface area contributed by atoms with E-state index in [-0.39, 0.29) is 47.6 Å². The van der Waals surface area contributed by atoms with Crippen molar-refractivity contribution in [1.29, 1.82) is 0 Å². The molecule has 2 aromatic rings. The van der Waals surface area contributed by atoms with E-state index in [9.17, 15) is 24.1 Å². The van der Waals surface area contributed by atoms with Crippen LogP contribution in [0.15, 0.2) is 42.5 Å². The molecule has 1 aliphatic rings. The van der Waals surface area contributed by atoms with Crippen molar-refractivity contribution in [1.82, 2.24) is 4.90 Å². The first-order valence-electron chi connectivity index (χ1n) is 8.10. The molecule has 1 heterocycles. The third kappa shape index (κ3) is 4.40. The molecule has 0 aromatic heterocycles. The number of carbonyl (C=O) groups is 2. The fraction of sp³-hybridized carbons (Fsp3) is 0.222. The van der Waals surface area contributed by atoms with Crippen LogP contribution in [0.3, 0.4) is 0 Å². The summed E-state index contributed by atoms with van der Waals surface area (Å²) in [7, 11) is 0. The van der Waals surface area contributed by atoms with Gasteiger partial charge in [0.2, 0.25) is 11.8 Å². The number of nitro groups is 1. The number of hydrogen-bond donors (Lipinski definition) is 1. The summed E-state index contributed by atoms with van der Waals surface area (Å²) in [5, 5.41) is 13.5. The molecule has 140 valence electrons. The predicted molar refractivity (Wildman–Crippen MR) is 96.7 cm³/mol. The molecular weight excluding hydrogens is 377 g/mol. The van der Waals surface area contributed by atoms with Crippen molar-refractivity contribution in [2.45, 2.75) is 13.0 Å². The molecule has 1 aliphatic heterocycles. The zero-order valence-electron chi connectivity index (χ0n) is 14.0. The van der Waals surface area contributed by atoms with Crippen LogP contribution < -0.4 is 5.32 Å². The van der Waals surface area contributed by atoms with Gasteiger partial charge in [-0.1, -0.05) is 23.7 Å². The third-order valence-corrected chi connectivity index (χ3v) is 4.60. The number of halogens is 2. The molecule has 2 amide bonds. The van der Waals surface area contributed by atoms with E-state index in [1.54, 1.807) is 12.1 Å².